The molecule has 2 aromatic rings. The van der Waals surface area contributed by atoms with E-state index in [4.69, 9.17) is 5.11 Å². The standard InChI is InChI=1S/C13H13NO3/c1-13(2,17)8-3-4-11-10(7-8)9(12(15)16)5-6-14-11/h3-7,17H,1-2H3,(H,15,16). The lowest BCUT2D eigenvalue weighted by molar-refractivity contribution is 0.0697. The molecule has 0 unspecified atom stereocenters. The van der Waals surface area contributed by atoms with Gasteiger partial charge in [-0.15, -0.1) is 0 Å². The first-order chi connectivity index (χ1) is 7.89. The van der Waals surface area contributed by atoms with E-state index in [1.165, 1.54) is 12.3 Å². The molecule has 0 aliphatic heterocycles. The summed E-state index contributed by atoms with van der Waals surface area (Å²) in [5.41, 5.74) is 0.472. The highest BCUT2D eigenvalue weighted by molar-refractivity contribution is 6.02. The van der Waals surface area contributed by atoms with E-state index in [1.54, 1.807) is 32.0 Å². The number of nitrogens with zero attached hydrogens (tertiary/aromatic N) is 1. The summed E-state index contributed by atoms with van der Waals surface area (Å²) in [6.45, 7) is 3.32. The number of carboxylic acids is 1. The first-order valence-corrected chi connectivity index (χ1v) is 5.24. The van der Waals surface area contributed by atoms with Crippen molar-refractivity contribution in [1.29, 1.82) is 0 Å². The highest BCUT2D eigenvalue weighted by Crippen LogP contribution is 2.25. The fraction of sp³-hybridized carbons (Fsp3) is 0.231. The van der Waals surface area contributed by atoms with Crippen molar-refractivity contribution in [3.05, 3.63) is 41.6 Å². The lowest BCUT2D eigenvalue weighted by atomic mass is 9.95. The van der Waals surface area contributed by atoms with Crippen molar-refractivity contribution < 1.29 is 15.0 Å². The van der Waals surface area contributed by atoms with Gasteiger partial charge in [0.15, 0.2) is 0 Å². The normalized spacial score (nSPS) is 11.7. The summed E-state index contributed by atoms with van der Waals surface area (Å²) in [5.74, 6) is -0.995. The van der Waals surface area contributed by atoms with Gasteiger partial charge >= 0.3 is 5.97 Å². The quantitative estimate of drug-likeness (QED) is 0.830. The van der Waals surface area contributed by atoms with E-state index >= 15 is 0 Å². The van der Waals surface area contributed by atoms with Gasteiger partial charge in [0.25, 0.3) is 0 Å². The van der Waals surface area contributed by atoms with E-state index in [9.17, 15) is 9.90 Å². The summed E-state index contributed by atoms with van der Waals surface area (Å²) in [4.78, 5) is 15.2. The van der Waals surface area contributed by atoms with Crippen molar-refractivity contribution in [2.75, 3.05) is 0 Å². The third-order valence-corrected chi connectivity index (χ3v) is 2.68. The van der Waals surface area contributed by atoms with Crippen LogP contribution in [0.15, 0.2) is 30.5 Å². The summed E-state index contributed by atoms with van der Waals surface area (Å²) in [6, 6.07) is 6.60. The van der Waals surface area contributed by atoms with Crippen LogP contribution in [0, 0.1) is 0 Å². The summed E-state index contributed by atoms with van der Waals surface area (Å²) in [6.07, 6.45) is 1.47. The minimum atomic E-state index is -1.00. The summed E-state index contributed by atoms with van der Waals surface area (Å²) < 4.78 is 0. The molecule has 2 N–H and O–H groups in total. The molecule has 0 fully saturated rings. The number of hydrogen-bond donors (Lipinski definition) is 2. The highest BCUT2D eigenvalue weighted by atomic mass is 16.4. The maximum atomic E-state index is 11.1. The Morgan fingerprint density at radius 2 is 2.00 bits per heavy atom. The van der Waals surface area contributed by atoms with Crippen LogP contribution >= 0.6 is 0 Å². The maximum absolute atomic E-state index is 11.1. The molecule has 88 valence electrons. The van der Waals surface area contributed by atoms with Gasteiger partial charge in [0.05, 0.1) is 16.7 Å². The van der Waals surface area contributed by atoms with Gasteiger partial charge in [0.2, 0.25) is 0 Å². The molecule has 1 aromatic carbocycles. The van der Waals surface area contributed by atoms with E-state index < -0.39 is 11.6 Å². The van der Waals surface area contributed by atoms with Crippen LogP contribution in [0.3, 0.4) is 0 Å². The van der Waals surface area contributed by atoms with Gasteiger partial charge < -0.3 is 10.2 Å². The van der Waals surface area contributed by atoms with Gasteiger partial charge in [-0.05, 0) is 37.6 Å². The van der Waals surface area contributed by atoms with Crippen molar-refractivity contribution in [2.24, 2.45) is 0 Å². The van der Waals surface area contributed by atoms with Crippen LogP contribution in [0.2, 0.25) is 0 Å². The van der Waals surface area contributed by atoms with E-state index in [2.05, 4.69) is 4.98 Å². The van der Waals surface area contributed by atoms with E-state index in [-0.39, 0.29) is 5.56 Å². The van der Waals surface area contributed by atoms with E-state index in [1.807, 2.05) is 0 Å². The van der Waals surface area contributed by atoms with Crippen LogP contribution in [-0.4, -0.2) is 21.2 Å². The molecule has 2 rings (SSSR count). The molecule has 0 spiro atoms. The van der Waals surface area contributed by atoms with Crippen LogP contribution in [0.1, 0.15) is 29.8 Å². The molecule has 0 aliphatic rings. The van der Waals surface area contributed by atoms with Gasteiger partial charge in [0.1, 0.15) is 0 Å². The molecule has 0 radical (unpaired) electrons. The molecule has 1 heterocycles. The molecule has 0 aliphatic carbocycles. The number of pyridine rings is 1. The number of benzene rings is 1. The zero-order valence-electron chi connectivity index (χ0n) is 9.64. The molecule has 0 atom stereocenters. The van der Waals surface area contributed by atoms with Crippen LogP contribution in [0.25, 0.3) is 10.9 Å². The molecule has 0 saturated heterocycles. The monoisotopic (exact) mass is 231 g/mol. The number of rotatable bonds is 2. The zero-order valence-corrected chi connectivity index (χ0v) is 9.64. The zero-order chi connectivity index (χ0) is 12.6. The Morgan fingerprint density at radius 1 is 1.29 bits per heavy atom. The third kappa shape index (κ3) is 2.12. The van der Waals surface area contributed by atoms with Crippen molar-refractivity contribution in [3.63, 3.8) is 0 Å². The number of fused-ring (bicyclic) bond motifs is 1. The largest absolute Gasteiger partial charge is 0.478 e. The smallest absolute Gasteiger partial charge is 0.336 e. The average Bonchev–Trinajstić information content (AvgIpc) is 2.26. The molecular weight excluding hydrogens is 218 g/mol. The van der Waals surface area contributed by atoms with Gasteiger partial charge in [-0.2, -0.15) is 0 Å². The van der Waals surface area contributed by atoms with Crippen LogP contribution in [0.4, 0.5) is 0 Å². The average molecular weight is 231 g/mol. The van der Waals surface area contributed by atoms with Crippen molar-refractivity contribution in [1.82, 2.24) is 4.98 Å². The lowest BCUT2D eigenvalue weighted by Crippen LogP contribution is -2.15. The molecule has 0 saturated carbocycles. The number of aromatic nitrogens is 1. The Bertz CT molecular complexity index is 585. The van der Waals surface area contributed by atoms with Gasteiger partial charge in [-0.1, -0.05) is 6.07 Å². The Kier molecular flexibility index (Phi) is 2.59. The lowest BCUT2D eigenvalue weighted by Gasteiger charge is -2.18. The minimum absolute atomic E-state index is 0.195. The molecule has 17 heavy (non-hydrogen) atoms. The van der Waals surface area contributed by atoms with Crippen molar-refractivity contribution in [3.8, 4) is 0 Å². The first-order valence-electron chi connectivity index (χ1n) is 5.24. The predicted octanol–water partition coefficient (Wildman–Crippen LogP) is 2.16. The molecule has 4 heteroatoms. The Labute approximate surface area is 98.5 Å². The van der Waals surface area contributed by atoms with Crippen molar-refractivity contribution in [2.45, 2.75) is 19.4 Å². The molecule has 0 amide bonds. The van der Waals surface area contributed by atoms with E-state index in [0.717, 1.165) is 0 Å². The van der Waals surface area contributed by atoms with Crippen LogP contribution in [0.5, 0.6) is 0 Å². The van der Waals surface area contributed by atoms with Gasteiger partial charge in [-0.3, -0.25) is 4.98 Å². The molecule has 1 aromatic heterocycles. The second kappa shape index (κ2) is 3.82. The van der Waals surface area contributed by atoms with Gasteiger partial charge in [-0.25, -0.2) is 4.79 Å². The highest BCUT2D eigenvalue weighted by Gasteiger charge is 2.18. The SMILES string of the molecule is CC(C)(O)c1ccc2nccc(C(=O)O)c2c1. The number of hydrogen-bond acceptors (Lipinski definition) is 3. The van der Waals surface area contributed by atoms with E-state index in [0.29, 0.717) is 16.5 Å². The Balaban J connectivity index is 2.75. The van der Waals surface area contributed by atoms with Crippen LogP contribution < -0.4 is 0 Å². The minimum Gasteiger partial charge on any atom is -0.478 e. The van der Waals surface area contributed by atoms with Crippen molar-refractivity contribution >= 4 is 16.9 Å². The first kappa shape index (κ1) is 11.5. The molecule has 4 nitrogen and oxygen atoms in total. The Morgan fingerprint density at radius 3 is 2.59 bits per heavy atom. The molecule has 0 bridgehead atoms. The molecular formula is C13H13NO3. The number of carbonyl (C=O) groups is 1. The predicted molar refractivity (Wildman–Crippen MR) is 63.9 cm³/mol. The fourth-order valence-electron chi connectivity index (χ4n) is 1.71. The number of carboxylic acid groups (broad SMARTS) is 1. The number of aromatic carboxylic acids is 1. The maximum Gasteiger partial charge on any atom is 0.336 e. The summed E-state index contributed by atoms with van der Waals surface area (Å²) in [5, 5.41) is 19.5. The summed E-state index contributed by atoms with van der Waals surface area (Å²) in [7, 11) is 0. The fourth-order valence-corrected chi connectivity index (χ4v) is 1.71. The van der Waals surface area contributed by atoms with Crippen LogP contribution in [-0.2, 0) is 5.60 Å². The number of aliphatic hydroxyl groups is 1. The third-order valence-electron chi connectivity index (χ3n) is 2.68. The topological polar surface area (TPSA) is 70.4 Å². The Hall–Kier alpha value is -1.94. The second-order valence-corrected chi connectivity index (χ2v) is 4.45. The summed E-state index contributed by atoms with van der Waals surface area (Å²) >= 11 is 0. The van der Waals surface area contributed by atoms with Gasteiger partial charge in [0, 0.05) is 11.6 Å². The second-order valence-electron chi connectivity index (χ2n) is 4.45.